The minimum atomic E-state index is -0.879. The van der Waals surface area contributed by atoms with Gasteiger partial charge in [-0.05, 0) is 18.2 Å². The van der Waals surface area contributed by atoms with Crippen LogP contribution < -0.4 is 5.73 Å². The molecule has 1 heterocycles. The highest BCUT2D eigenvalue weighted by molar-refractivity contribution is 5.96. The van der Waals surface area contributed by atoms with Gasteiger partial charge in [-0.1, -0.05) is 0 Å². The Kier molecular flexibility index (Phi) is 5.18. The number of hydrogen-bond donors (Lipinski definition) is 1. The van der Waals surface area contributed by atoms with E-state index in [0.29, 0.717) is 11.3 Å². The summed E-state index contributed by atoms with van der Waals surface area (Å²) in [5.74, 6) is -1.23. The Morgan fingerprint density at radius 3 is 2.54 bits per heavy atom. The first kappa shape index (κ1) is 17.5. The summed E-state index contributed by atoms with van der Waals surface area (Å²) in [6.07, 6.45) is 0.496. The van der Waals surface area contributed by atoms with Crippen molar-refractivity contribution in [2.24, 2.45) is 0 Å². The molecular formula is C16H16FN3O4. The van der Waals surface area contributed by atoms with Gasteiger partial charge in [0.2, 0.25) is 0 Å². The summed E-state index contributed by atoms with van der Waals surface area (Å²) >= 11 is 0. The molecule has 0 saturated heterocycles. The molecule has 24 heavy (non-hydrogen) atoms. The minimum Gasteiger partial charge on any atom is -0.464 e. The normalized spacial score (nSPS) is 10.7. The van der Waals surface area contributed by atoms with E-state index in [1.54, 1.807) is 0 Å². The zero-order chi connectivity index (χ0) is 17.9. The number of nitrogen functional groups attached to an aromatic ring is 1. The van der Waals surface area contributed by atoms with E-state index in [2.05, 4.69) is 0 Å². The molecule has 2 N–H and O–H groups in total. The van der Waals surface area contributed by atoms with Gasteiger partial charge in [-0.3, -0.25) is 0 Å². The number of methoxy groups -OCH3 is 3. The molecule has 0 unspecified atom stereocenters. The molecule has 8 heteroatoms. The highest BCUT2D eigenvalue weighted by Gasteiger charge is 2.25. The van der Waals surface area contributed by atoms with Crippen molar-refractivity contribution in [3.63, 3.8) is 0 Å². The number of nitriles is 1. The van der Waals surface area contributed by atoms with Crippen molar-refractivity contribution in [1.29, 1.82) is 5.26 Å². The van der Waals surface area contributed by atoms with Gasteiger partial charge in [0.1, 0.15) is 11.9 Å². The predicted molar refractivity (Wildman–Crippen MR) is 83.0 cm³/mol. The third-order valence-electron chi connectivity index (χ3n) is 3.47. The number of nitrogens with zero attached hydrogens (tertiary/aromatic N) is 2. The van der Waals surface area contributed by atoms with Crippen molar-refractivity contribution < 1.29 is 23.4 Å². The Morgan fingerprint density at radius 2 is 2.00 bits per heavy atom. The fourth-order valence-corrected chi connectivity index (χ4v) is 2.39. The second-order valence-corrected chi connectivity index (χ2v) is 4.78. The van der Waals surface area contributed by atoms with Crippen molar-refractivity contribution in [3.05, 3.63) is 47.0 Å². The van der Waals surface area contributed by atoms with E-state index in [-0.39, 0.29) is 16.9 Å². The molecule has 0 saturated carbocycles. The summed E-state index contributed by atoms with van der Waals surface area (Å²) in [7, 11) is 3.99. The number of carbonyl (C=O) groups is 1. The summed E-state index contributed by atoms with van der Waals surface area (Å²) in [5.41, 5.74) is 6.60. The molecule has 126 valence electrons. The molecule has 1 aromatic carbocycles. The SMILES string of the molecule is COC(=O)c1c(N)c(C#N)cn1-c1ccc(F)cc1C(OC)OC. The average molecular weight is 333 g/mol. The van der Waals surface area contributed by atoms with Crippen molar-refractivity contribution >= 4 is 11.7 Å². The number of carbonyl (C=O) groups excluding carboxylic acids is 1. The molecule has 2 rings (SSSR count). The van der Waals surface area contributed by atoms with Crippen LogP contribution in [-0.2, 0) is 14.2 Å². The molecule has 0 radical (unpaired) electrons. The van der Waals surface area contributed by atoms with Crippen molar-refractivity contribution in [2.45, 2.75) is 6.29 Å². The lowest BCUT2D eigenvalue weighted by atomic mass is 10.1. The zero-order valence-corrected chi connectivity index (χ0v) is 13.4. The van der Waals surface area contributed by atoms with E-state index in [4.69, 9.17) is 25.2 Å². The number of rotatable bonds is 5. The lowest BCUT2D eigenvalue weighted by molar-refractivity contribution is -0.106. The van der Waals surface area contributed by atoms with Crippen LogP contribution >= 0.6 is 0 Å². The second-order valence-electron chi connectivity index (χ2n) is 4.78. The summed E-state index contributed by atoms with van der Waals surface area (Å²) < 4.78 is 30.1. The van der Waals surface area contributed by atoms with Crippen LogP contribution in [-0.4, -0.2) is 31.9 Å². The van der Waals surface area contributed by atoms with Gasteiger partial charge in [-0.2, -0.15) is 5.26 Å². The molecule has 0 aliphatic carbocycles. The third kappa shape index (κ3) is 2.95. The quantitative estimate of drug-likeness (QED) is 0.665. The Bertz CT molecular complexity index is 806. The number of benzene rings is 1. The molecule has 0 aliphatic rings. The summed E-state index contributed by atoms with van der Waals surface area (Å²) in [4.78, 5) is 12.1. The van der Waals surface area contributed by atoms with Crippen molar-refractivity contribution in [3.8, 4) is 11.8 Å². The summed E-state index contributed by atoms with van der Waals surface area (Å²) in [5, 5.41) is 9.17. The summed E-state index contributed by atoms with van der Waals surface area (Å²) in [6, 6.07) is 5.77. The molecule has 0 amide bonds. The highest BCUT2D eigenvalue weighted by atomic mass is 19.1. The maximum atomic E-state index is 13.7. The maximum absolute atomic E-state index is 13.7. The van der Waals surface area contributed by atoms with E-state index in [9.17, 15) is 9.18 Å². The van der Waals surface area contributed by atoms with Gasteiger partial charge in [-0.25, -0.2) is 9.18 Å². The molecule has 0 spiro atoms. The Labute approximate surface area is 137 Å². The Morgan fingerprint density at radius 1 is 1.33 bits per heavy atom. The first-order valence-electron chi connectivity index (χ1n) is 6.83. The maximum Gasteiger partial charge on any atom is 0.357 e. The largest absolute Gasteiger partial charge is 0.464 e. The van der Waals surface area contributed by atoms with E-state index in [1.165, 1.54) is 50.3 Å². The van der Waals surface area contributed by atoms with Gasteiger partial charge in [-0.15, -0.1) is 0 Å². The number of ether oxygens (including phenoxy) is 3. The first-order chi connectivity index (χ1) is 11.5. The fourth-order valence-electron chi connectivity index (χ4n) is 2.39. The fraction of sp³-hybridized carbons (Fsp3) is 0.250. The topological polar surface area (TPSA) is 99.5 Å². The molecule has 7 nitrogen and oxygen atoms in total. The summed E-state index contributed by atoms with van der Waals surface area (Å²) in [6.45, 7) is 0. The Hall–Kier alpha value is -2.89. The standard InChI is InChI=1S/C16H16FN3O4/c1-22-15(21)14-13(19)9(7-18)8-20(14)12-5-4-10(17)6-11(12)16(23-2)24-3/h4-6,8,16H,19H2,1-3H3. The van der Waals surface area contributed by atoms with Crippen molar-refractivity contribution in [2.75, 3.05) is 27.1 Å². The predicted octanol–water partition coefficient (Wildman–Crippen LogP) is 2.15. The number of halogens is 1. The molecule has 0 aliphatic heterocycles. The second kappa shape index (κ2) is 7.12. The van der Waals surface area contributed by atoms with Crippen LogP contribution in [0.25, 0.3) is 5.69 Å². The molecule has 1 aromatic heterocycles. The number of hydrogen-bond acceptors (Lipinski definition) is 6. The van der Waals surface area contributed by atoms with E-state index in [0.717, 1.165) is 0 Å². The number of nitrogens with two attached hydrogens (primary N) is 1. The third-order valence-corrected chi connectivity index (χ3v) is 3.47. The lowest BCUT2D eigenvalue weighted by Gasteiger charge is -2.19. The number of esters is 1. The molecule has 0 fully saturated rings. The molecule has 0 atom stereocenters. The van der Waals surface area contributed by atoms with Gasteiger partial charge in [0.15, 0.2) is 12.0 Å². The van der Waals surface area contributed by atoms with Crippen LogP contribution in [0.4, 0.5) is 10.1 Å². The molecule has 2 aromatic rings. The minimum absolute atomic E-state index is 0.0222. The monoisotopic (exact) mass is 333 g/mol. The van der Waals surface area contributed by atoms with E-state index < -0.39 is 18.1 Å². The van der Waals surface area contributed by atoms with Crippen LogP contribution in [0.1, 0.15) is 27.9 Å². The van der Waals surface area contributed by atoms with Gasteiger partial charge >= 0.3 is 5.97 Å². The molecular weight excluding hydrogens is 317 g/mol. The lowest BCUT2D eigenvalue weighted by Crippen LogP contribution is -2.14. The van der Waals surface area contributed by atoms with Crippen LogP contribution in [0.15, 0.2) is 24.4 Å². The van der Waals surface area contributed by atoms with Crippen LogP contribution in [0.5, 0.6) is 0 Å². The van der Waals surface area contributed by atoms with Gasteiger partial charge in [0, 0.05) is 26.0 Å². The van der Waals surface area contributed by atoms with Crippen LogP contribution in [0, 0.1) is 17.1 Å². The van der Waals surface area contributed by atoms with E-state index >= 15 is 0 Å². The van der Waals surface area contributed by atoms with E-state index in [1.807, 2.05) is 6.07 Å². The van der Waals surface area contributed by atoms with Crippen LogP contribution in [0.2, 0.25) is 0 Å². The van der Waals surface area contributed by atoms with Gasteiger partial charge < -0.3 is 24.5 Å². The highest BCUT2D eigenvalue weighted by Crippen LogP contribution is 2.31. The number of aromatic nitrogens is 1. The van der Waals surface area contributed by atoms with Crippen LogP contribution in [0.3, 0.4) is 0 Å². The molecule has 0 bridgehead atoms. The van der Waals surface area contributed by atoms with Crippen molar-refractivity contribution in [1.82, 2.24) is 4.57 Å². The van der Waals surface area contributed by atoms with Gasteiger partial charge in [0.05, 0.1) is 24.0 Å². The number of anilines is 1. The average Bonchev–Trinajstić information content (AvgIpc) is 2.92. The van der Waals surface area contributed by atoms with Gasteiger partial charge in [0.25, 0.3) is 0 Å². The first-order valence-corrected chi connectivity index (χ1v) is 6.83. The smallest absolute Gasteiger partial charge is 0.357 e. The zero-order valence-electron chi connectivity index (χ0n) is 13.4. The Balaban J connectivity index is 2.78.